The van der Waals surface area contributed by atoms with Gasteiger partial charge < -0.3 is 4.74 Å². The van der Waals surface area contributed by atoms with Crippen LogP contribution in [-0.4, -0.2) is 19.3 Å². The molecule has 0 spiro atoms. The van der Waals surface area contributed by atoms with Crippen LogP contribution in [0.5, 0.6) is 0 Å². The molecule has 0 aliphatic carbocycles. The van der Waals surface area contributed by atoms with Gasteiger partial charge in [0.1, 0.15) is 0 Å². The predicted molar refractivity (Wildman–Crippen MR) is 62.2 cm³/mol. The first-order valence-corrected chi connectivity index (χ1v) is 6.02. The summed E-state index contributed by atoms with van der Waals surface area (Å²) in [6, 6.07) is 3.16. The van der Waals surface area contributed by atoms with E-state index in [1.165, 1.54) is 24.9 Å². The van der Waals surface area contributed by atoms with E-state index in [1.54, 1.807) is 12.3 Å². The monoisotopic (exact) mass is 326 g/mol. The zero-order chi connectivity index (χ0) is 10.7. The van der Waals surface area contributed by atoms with E-state index >= 15 is 0 Å². The lowest BCUT2D eigenvalue weighted by Crippen LogP contribution is -2.05. The molecule has 0 fully saturated rings. The Kier molecular flexibility index (Phi) is 4.18. The third kappa shape index (κ3) is 2.38. The molecule has 0 unspecified atom stereocenters. The molecule has 1 aromatic rings. The van der Waals surface area contributed by atoms with Gasteiger partial charge in [0.15, 0.2) is 5.82 Å². The lowest BCUT2D eigenvalue weighted by atomic mass is 10.2. The van der Waals surface area contributed by atoms with E-state index in [4.69, 9.17) is 0 Å². The maximum Gasteiger partial charge on any atom is 0.340 e. The molecule has 1 aromatic carbocycles. The van der Waals surface area contributed by atoms with Crippen molar-refractivity contribution in [2.75, 3.05) is 13.4 Å². The Morgan fingerprint density at radius 2 is 2.21 bits per heavy atom. The number of hydrogen-bond acceptors (Lipinski definition) is 3. The SMILES string of the molecule is COC(=O)c1cc(I)cc(SC)c1F. The third-order valence-electron chi connectivity index (χ3n) is 1.63. The van der Waals surface area contributed by atoms with Gasteiger partial charge in [0.05, 0.1) is 12.7 Å². The van der Waals surface area contributed by atoms with E-state index in [0.29, 0.717) is 4.90 Å². The molecule has 0 aliphatic rings. The average Bonchev–Trinajstić information content (AvgIpc) is 2.19. The van der Waals surface area contributed by atoms with Crippen LogP contribution in [0.25, 0.3) is 0 Å². The fourth-order valence-electron chi connectivity index (χ4n) is 0.971. The highest BCUT2D eigenvalue weighted by atomic mass is 127. The normalized spacial score (nSPS) is 10.0. The fraction of sp³-hybridized carbons (Fsp3) is 0.222. The predicted octanol–water partition coefficient (Wildman–Crippen LogP) is 2.94. The van der Waals surface area contributed by atoms with Crippen LogP contribution in [0.1, 0.15) is 10.4 Å². The highest BCUT2D eigenvalue weighted by Gasteiger charge is 2.16. The summed E-state index contributed by atoms with van der Waals surface area (Å²) in [5, 5.41) is 0. The number of methoxy groups -OCH3 is 1. The molecule has 0 N–H and O–H groups in total. The van der Waals surface area contributed by atoms with Gasteiger partial charge in [-0.25, -0.2) is 9.18 Å². The molecule has 0 aliphatic heterocycles. The standard InChI is InChI=1S/C9H8FIO2S/c1-13-9(12)6-3-5(11)4-7(14-2)8(6)10/h3-4H,1-2H3. The second kappa shape index (κ2) is 4.97. The summed E-state index contributed by atoms with van der Waals surface area (Å²) in [7, 11) is 1.24. The number of benzene rings is 1. The summed E-state index contributed by atoms with van der Waals surface area (Å²) in [6.45, 7) is 0. The second-order valence-corrected chi connectivity index (χ2v) is 4.55. The van der Waals surface area contributed by atoms with E-state index in [1.807, 2.05) is 22.6 Å². The lowest BCUT2D eigenvalue weighted by molar-refractivity contribution is 0.0594. The maximum atomic E-state index is 13.6. The third-order valence-corrected chi connectivity index (χ3v) is 2.99. The molecular formula is C9H8FIO2S. The Balaban J connectivity index is 3.29. The van der Waals surface area contributed by atoms with Gasteiger partial charge in [-0.15, -0.1) is 11.8 Å². The van der Waals surface area contributed by atoms with Crippen molar-refractivity contribution in [3.8, 4) is 0 Å². The van der Waals surface area contributed by atoms with Crippen molar-refractivity contribution >= 4 is 40.3 Å². The molecule has 0 saturated heterocycles. The number of rotatable bonds is 2. The van der Waals surface area contributed by atoms with Crippen LogP contribution in [0.4, 0.5) is 4.39 Å². The van der Waals surface area contributed by atoms with Gasteiger partial charge in [-0.1, -0.05) is 0 Å². The van der Waals surface area contributed by atoms with Crippen molar-refractivity contribution in [1.29, 1.82) is 0 Å². The van der Waals surface area contributed by atoms with Crippen LogP contribution in [0.15, 0.2) is 17.0 Å². The van der Waals surface area contributed by atoms with Crippen molar-refractivity contribution in [3.63, 3.8) is 0 Å². The van der Waals surface area contributed by atoms with Crippen molar-refractivity contribution < 1.29 is 13.9 Å². The minimum absolute atomic E-state index is 0.0104. The molecular weight excluding hydrogens is 318 g/mol. The first-order chi connectivity index (χ1) is 6.60. The zero-order valence-corrected chi connectivity index (χ0v) is 10.6. The first kappa shape index (κ1) is 11.8. The van der Waals surface area contributed by atoms with Crippen LogP contribution in [-0.2, 0) is 4.74 Å². The molecule has 0 atom stereocenters. The molecule has 0 radical (unpaired) electrons. The van der Waals surface area contributed by atoms with Crippen LogP contribution >= 0.6 is 34.4 Å². The summed E-state index contributed by atoms with van der Waals surface area (Å²) in [6.07, 6.45) is 1.76. The van der Waals surface area contributed by atoms with Gasteiger partial charge in [0, 0.05) is 8.47 Å². The maximum absolute atomic E-state index is 13.6. The number of hydrogen-bond donors (Lipinski definition) is 0. The quantitative estimate of drug-likeness (QED) is 0.475. The Bertz CT molecular complexity index is 368. The molecule has 0 saturated carbocycles. The molecule has 0 bridgehead atoms. The number of ether oxygens (including phenoxy) is 1. The highest BCUT2D eigenvalue weighted by molar-refractivity contribution is 14.1. The molecule has 0 heterocycles. The molecule has 0 amide bonds. The summed E-state index contributed by atoms with van der Waals surface area (Å²) < 4.78 is 18.9. The average molecular weight is 326 g/mol. The molecule has 76 valence electrons. The smallest absolute Gasteiger partial charge is 0.340 e. The highest BCUT2D eigenvalue weighted by Crippen LogP contribution is 2.25. The summed E-state index contributed by atoms with van der Waals surface area (Å²) in [4.78, 5) is 11.6. The van der Waals surface area contributed by atoms with E-state index in [9.17, 15) is 9.18 Å². The van der Waals surface area contributed by atoms with E-state index in [2.05, 4.69) is 4.74 Å². The van der Waals surface area contributed by atoms with Gasteiger partial charge in [0.2, 0.25) is 0 Å². The zero-order valence-electron chi connectivity index (χ0n) is 7.64. The first-order valence-electron chi connectivity index (χ1n) is 3.71. The van der Waals surface area contributed by atoms with Crippen molar-refractivity contribution in [2.45, 2.75) is 4.90 Å². The van der Waals surface area contributed by atoms with E-state index < -0.39 is 11.8 Å². The fourth-order valence-corrected chi connectivity index (χ4v) is 2.34. The summed E-state index contributed by atoms with van der Waals surface area (Å²) >= 11 is 3.30. The minimum Gasteiger partial charge on any atom is -0.465 e. The summed E-state index contributed by atoms with van der Waals surface area (Å²) in [5.41, 5.74) is -0.0104. The Labute approximate surface area is 99.4 Å². The van der Waals surface area contributed by atoms with Crippen LogP contribution < -0.4 is 0 Å². The van der Waals surface area contributed by atoms with Gasteiger partial charge in [-0.2, -0.15) is 0 Å². The van der Waals surface area contributed by atoms with E-state index in [0.717, 1.165) is 3.57 Å². The molecule has 0 aromatic heterocycles. The molecule has 14 heavy (non-hydrogen) atoms. The largest absolute Gasteiger partial charge is 0.465 e. The van der Waals surface area contributed by atoms with Gasteiger partial charge in [-0.05, 0) is 41.0 Å². The summed E-state index contributed by atoms with van der Waals surface area (Å²) in [5.74, 6) is -1.15. The van der Waals surface area contributed by atoms with Crippen LogP contribution in [0, 0.1) is 9.39 Å². The molecule has 5 heteroatoms. The van der Waals surface area contributed by atoms with Crippen molar-refractivity contribution in [1.82, 2.24) is 0 Å². The number of thioether (sulfide) groups is 1. The Morgan fingerprint density at radius 1 is 1.57 bits per heavy atom. The number of carbonyl (C=O) groups is 1. The number of halogens is 2. The van der Waals surface area contributed by atoms with Gasteiger partial charge in [0.25, 0.3) is 0 Å². The van der Waals surface area contributed by atoms with Crippen LogP contribution in [0.3, 0.4) is 0 Å². The van der Waals surface area contributed by atoms with Gasteiger partial charge >= 0.3 is 5.97 Å². The second-order valence-electron chi connectivity index (χ2n) is 2.46. The lowest BCUT2D eigenvalue weighted by Gasteiger charge is -2.05. The van der Waals surface area contributed by atoms with Crippen LogP contribution in [0.2, 0.25) is 0 Å². The topological polar surface area (TPSA) is 26.3 Å². The number of esters is 1. The van der Waals surface area contributed by atoms with Gasteiger partial charge in [-0.3, -0.25) is 0 Å². The Hall–Kier alpha value is -0.300. The Morgan fingerprint density at radius 3 is 2.71 bits per heavy atom. The van der Waals surface area contributed by atoms with Crippen molar-refractivity contribution in [3.05, 3.63) is 27.1 Å². The molecule has 2 nitrogen and oxygen atoms in total. The number of carbonyl (C=O) groups excluding carboxylic acids is 1. The van der Waals surface area contributed by atoms with Crippen molar-refractivity contribution in [2.24, 2.45) is 0 Å². The molecule has 1 rings (SSSR count). The minimum atomic E-state index is -0.642. The van der Waals surface area contributed by atoms with E-state index in [-0.39, 0.29) is 5.56 Å².